The van der Waals surface area contributed by atoms with Crippen LogP contribution >= 0.6 is 11.6 Å². The van der Waals surface area contributed by atoms with Gasteiger partial charge in [0, 0.05) is 16.8 Å². The molecular formula is C20H25ClN2O4S. The van der Waals surface area contributed by atoms with E-state index in [9.17, 15) is 13.2 Å². The Kier molecular flexibility index (Phi) is 7.46. The van der Waals surface area contributed by atoms with E-state index < -0.39 is 10.0 Å². The second-order valence-electron chi connectivity index (χ2n) is 6.66. The highest BCUT2D eigenvalue weighted by Crippen LogP contribution is 2.25. The molecule has 0 bridgehead atoms. The van der Waals surface area contributed by atoms with Crippen molar-refractivity contribution < 1.29 is 17.9 Å². The third kappa shape index (κ3) is 5.95. The number of anilines is 1. The Hall–Kier alpha value is -2.09. The molecule has 0 saturated carbocycles. The number of aryl methyl sites for hydroxylation is 2. The second kappa shape index (κ2) is 9.41. The molecule has 8 heteroatoms. The van der Waals surface area contributed by atoms with E-state index in [2.05, 4.69) is 10.0 Å². The number of halogens is 1. The Bertz CT molecular complexity index is 920. The van der Waals surface area contributed by atoms with Crippen molar-refractivity contribution >= 4 is 33.2 Å². The van der Waals surface area contributed by atoms with Crippen LogP contribution in [0.5, 0.6) is 5.75 Å². The predicted molar refractivity (Wildman–Crippen MR) is 112 cm³/mol. The third-order valence-electron chi connectivity index (χ3n) is 4.20. The van der Waals surface area contributed by atoms with Gasteiger partial charge in [-0.2, -0.15) is 0 Å². The summed E-state index contributed by atoms with van der Waals surface area (Å²) in [6.07, 6.45) is 0.694. The van der Waals surface area contributed by atoms with Crippen molar-refractivity contribution in [1.82, 2.24) is 4.72 Å². The fraction of sp³-hybridized carbons (Fsp3) is 0.350. The van der Waals surface area contributed by atoms with Gasteiger partial charge in [0.1, 0.15) is 5.75 Å². The van der Waals surface area contributed by atoms with Crippen molar-refractivity contribution in [2.24, 2.45) is 0 Å². The van der Waals surface area contributed by atoms with Crippen molar-refractivity contribution in [3.63, 3.8) is 0 Å². The summed E-state index contributed by atoms with van der Waals surface area (Å²) in [6.45, 7) is 7.27. The highest BCUT2D eigenvalue weighted by atomic mass is 35.5. The molecule has 152 valence electrons. The quantitative estimate of drug-likeness (QED) is 0.669. The summed E-state index contributed by atoms with van der Waals surface area (Å²) < 4.78 is 32.6. The SMILES string of the molecule is CCC(C)NS(=O)(=O)c1ccc(NC(=O)COc2cc(C)c(Cl)c(C)c2)cc1. The fourth-order valence-corrected chi connectivity index (χ4v) is 3.91. The van der Waals surface area contributed by atoms with Gasteiger partial charge in [0.05, 0.1) is 4.90 Å². The molecule has 1 atom stereocenters. The van der Waals surface area contributed by atoms with Crippen molar-refractivity contribution in [3.8, 4) is 5.75 Å². The number of sulfonamides is 1. The van der Waals surface area contributed by atoms with Crippen LogP contribution in [0.25, 0.3) is 0 Å². The lowest BCUT2D eigenvalue weighted by molar-refractivity contribution is -0.118. The molecule has 0 fully saturated rings. The van der Waals surface area contributed by atoms with Crippen molar-refractivity contribution in [3.05, 3.63) is 52.5 Å². The second-order valence-corrected chi connectivity index (χ2v) is 8.75. The number of hydrogen-bond donors (Lipinski definition) is 2. The Morgan fingerprint density at radius 3 is 2.25 bits per heavy atom. The maximum absolute atomic E-state index is 12.2. The van der Waals surface area contributed by atoms with Crippen LogP contribution in [0, 0.1) is 13.8 Å². The van der Waals surface area contributed by atoms with Crippen LogP contribution < -0.4 is 14.8 Å². The van der Waals surface area contributed by atoms with Crippen LogP contribution in [0.1, 0.15) is 31.4 Å². The third-order valence-corrected chi connectivity index (χ3v) is 6.40. The Labute approximate surface area is 171 Å². The van der Waals surface area contributed by atoms with Gasteiger partial charge in [-0.05, 0) is 74.7 Å². The maximum atomic E-state index is 12.2. The van der Waals surface area contributed by atoms with E-state index in [-0.39, 0.29) is 23.5 Å². The first-order valence-electron chi connectivity index (χ1n) is 8.94. The van der Waals surface area contributed by atoms with Gasteiger partial charge < -0.3 is 10.1 Å². The van der Waals surface area contributed by atoms with E-state index in [1.807, 2.05) is 20.8 Å². The first-order valence-corrected chi connectivity index (χ1v) is 10.8. The molecular weight excluding hydrogens is 400 g/mol. The van der Waals surface area contributed by atoms with Crippen LogP contribution in [0.2, 0.25) is 5.02 Å². The molecule has 0 aliphatic rings. The number of benzene rings is 2. The Balaban J connectivity index is 1.96. The minimum atomic E-state index is -3.57. The summed E-state index contributed by atoms with van der Waals surface area (Å²) in [7, 11) is -3.57. The molecule has 2 aromatic carbocycles. The minimum Gasteiger partial charge on any atom is -0.484 e. The molecule has 2 rings (SSSR count). The van der Waals surface area contributed by atoms with Crippen LogP contribution in [0.3, 0.4) is 0 Å². The van der Waals surface area contributed by atoms with Crippen LogP contribution in [0.4, 0.5) is 5.69 Å². The Morgan fingerprint density at radius 2 is 1.71 bits per heavy atom. The summed E-state index contributed by atoms with van der Waals surface area (Å²) >= 11 is 6.12. The van der Waals surface area contributed by atoms with Crippen molar-refractivity contribution in [2.45, 2.75) is 45.1 Å². The van der Waals surface area contributed by atoms with E-state index in [0.717, 1.165) is 11.1 Å². The zero-order chi connectivity index (χ0) is 20.9. The maximum Gasteiger partial charge on any atom is 0.262 e. The molecule has 0 radical (unpaired) electrons. The van der Waals surface area contributed by atoms with Gasteiger partial charge in [-0.15, -0.1) is 0 Å². The predicted octanol–water partition coefficient (Wildman–Crippen LogP) is 4.05. The lowest BCUT2D eigenvalue weighted by atomic mass is 10.1. The summed E-state index contributed by atoms with van der Waals surface area (Å²) in [4.78, 5) is 12.2. The number of ether oxygens (including phenoxy) is 1. The molecule has 2 N–H and O–H groups in total. The van der Waals surface area contributed by atoms with E-state index in [1.165, 1.54) is 12.1 Å². The zero-order valence-corrected chi connectivity index (χ0v) is 17.9. The number of rotatable bonds is 8. The zero-order valence-electron chi connectivity index (χ0n) is 16.4. The molecule has 0 saturated heterocycles. The van der Waals surface area contributed by atoms with E-state index in [1.54, 1.807) is 31.2 Å². The monoisotopic (exact) mass is 424 g/mol. The molecule has 2 aromatic rings. The van der Waals surface area contributed by atoms with Gasteiger partial charge in [-0.1, -0.05) is 18.5 Å². The first kappa shape index (κ1) is 22.2. The van der Waals surface area contributed by atoms with Gasteiger partial charge in [0.2, 0.25) is 10.0 Å². The molecule has 0 aliphatic heterocycles. The molecule has 0 aromatic heterocycles. The molecule has 0 spiro atoms. The first-order chi connectivity index (χ1) is 13.1. The number of amides is 1. The summed E-state index contributed by atoms with van der Waals surface area (Å²) in [5.74, 6) is 0.214. The number of hydrogen-bond acceptors (Lipinski definition) is 4. The van der Waals surface area contributed by atoms with Crippen molar-refractivity contribution in [2.75, 3.05) is 11.9 Å². The number of carbonyl (C=O) groups excluding carboxylic acids is 1. The van der Waals surface area contributed by atoms with E-state index >= 15 is 0 Å². The average Bonchev–Trinajstić information content (AvgIpc) is 2.64. The molecule has 0 heterocycles. The average molecular weight is 425 g/mol. The smallest absolute Gasteiger partial charge is 0.262 e. The normalized spacial score (nSPS) is 12.5. The van der Waals surface area contributed by atoms with Crippen LogP contribution in [-0.2, 0) is 14.8 Å². The summed E-state index contributed by atoms with van der Waals surface area (Å²) in [5.41, 5.74) is 2.24. The molecule has 1 amide bonds. The van der Waals surface area contributed by atoms with Gasteiger partial charge in [-0.3, -0.25) is 4.79 Å². The lowest BCUT2D eigenvalue weighted by Gasteiger charge is -2.13. The lowest BCUT2D eigenvalue weighted by Crippen LogP contribution is -2.32. The van der Waals surface area contributed by atoms with E-state index in [4.69, 9.17) is 16.3 Å². The van der Waals surface area contributed by atoms with Gasteiger partial charge in [-0.25, -0.2) is 13.1 Å². The fourth-order valence-electron chi connectivity index (χ4n) is 2.47. The minimum absolute atomic E-state index is 0.147. The molecule has 28 heavy (non-hydrogen) atoms. The highest BCUT2D eigenvalue weighted by molar-refractivity contribution is 7.89. The standard InChI is InChI=1S/C20H25ClN2O4S/c1-5-15(4)23-28(25,26)18-8-6-16(7-9-18)22-19(24)12-27-17-10-13(2)20(21)14(3)11-17/h6-11,15,23H,5,12H2,1-4H3,(H,22,24). The van der Waals surface area contributed by atoms with Gasteiger partial charge in [0.25, 0.3) is 5.91 Å². The molecule has 6 nitrogen and oxygen atoms in total. The largest absolute Gasteiger partial charge is 0.484 e. The summed E-state index contributed by atoms with van der Waals surface area (Å²) in [6, 6.07) is 9.38. The van der Waals surface area contributed by atoms with E-state index in [0.29, 0.717) is 22.9 Å². The number of nitrogens with one attached hydrogen (secondary N) is 2. The summed E-state index contributed by atoms with van der Waals surface area (Å²) in [5, 5.41) is 3.35. The Morgan fingerprint density at radius 1 is 1.14 bits per heavy atom. The van der Waals surface area contributed by atoms with Crippen LogP contribution in [-0.4, -0.2) is 27.0 Å². The van der Waals surface area contributed by atoms with Crippen molar-refractivity contribution in [1.29, 1.82) is 0 Å². The van der Waals surface area contributed by atoms with Gasteiger partial charge >= 0.3 is 0 Å². The molecule has 1 unspecified atom stereocenters. The highest BCUT2D eigenvalue weighted by Gasteiger charge is 2.16. The molecule has 0 aliphatic carbocycles. The van der Waals surface area contributed by atoms with Crippen LogP contribution in [0.15, 0.2) is 41.3 Å². The number of carbonyl (C=O) groups is 1. The topological polar surface area (TPSA) is 84.5 Å². The van der Waals surface area contributed by atoms with Gasteiger partial charge in [0.15, 0.2) is 6.61 Å².